The Kier molecular flexibility index (Phi) is 5.12. The van der Waals surface area contributed by atoms with Crippen LogP contribution in [0.15, 0.2) is 18.2 Å². The van der Waals surface area contributed by atoms with Gasteiger partial charge in [-0.1, -0.05) is 12.1 Å². The Morgan fingerprint density at radius 1 is 1.30 bits per heavy atom. The first-order valence-corrected chi connectivity index (χ1v) is 5.90. The standard InChI is InChI=1S/C13H14F3NO3/c1-8(18)17-12-9(5-3-7-11(19)20)4-2-6-10(12)13(14,15)16/h2,4,6H,3,5,7H2,1H3,(H,17,18)(H,19,20). The molecule has 0 radical (unpaired) electrons. The second kappa shape index (κ2) is 6.40. The molecule has 1 amide bonds. The van der Waals surface area contributed by atoms with Crippen LogP contribution in [0.3, 0.4) is 0 Å². The normalized spacial score (nSPS) is 11.2. The van der Waals surface area contributed by atoms with Crippen LogP contribution in [-0.2, 0) is 22.2 Å². The zero-order valence-electron chi connectivity index (χ0n) is 10.8. The number of carboxylic acids is 1. The molecule has 0 bridgehead atoms. The van der Waals surface area contributed by atoms with Crippen LogP contribution in [0.1, 0.15) is 30.9 Å². The van der Waals surface area contributed by atoms with Crippen molar-refractivity contribution in [2.75, 3.05) is 5.32 Å². The van der Waals surface area contributed by atoms with Gasteiger partial charge in [-0.3, -0.25) is 9.59 Å². The molecule has 0 fully saturated rings. The fourth-order valence-corrected chi connectivity index (χ4v) is 1.80. The van der Waals surface area contributed by atoms with E-state index in [1.54, 1.807) is 0 Å². The van der Waals surface area contributed by atoms with Gasteiger partial charge in [-0.15, -0.1) is 0 Å². The molecule has 0 aliphatic rings. The second-order valence-electron chi connectivity index (χ2n) is 4.27. The van der Waals surface area contributed by atoms with E-state index < -0.39 is 23.6 Å². The third-order valence-electron chi connectivity index (χ3n) is 2.59. The summed E-state index contributed by atoms with van der Waals surface area (Å²) < 4.78 is 38.7. The summed E-state index contributed by atoms with van der Waals surface area (Å²) in [5.74, 6) is -1.63. The highest BCUT2D eigenvalue weighted by Gasteiger charge is 2.34. The van der Waals surface area contributed by atoms with Crippen LogP contribution in [0.2, 0.25) is 0 Å². The van der Waals surface area contributed by atoms with E-state index in [0.29, 0.717) is 0 Å². The van der Waals surface area contributed by atoms with Gasteiger partial charge < -0.3 is 10.4 Å². The molecule has 1 aromatic carbocycles. The Hall–Kier alpha value is -2.05. The number of carbonyl (C=O) groups is 2. The Morgan fingerprint density at radius 3 is 2.45 bits per heavy atom. The summed E-state index contributed by atoms with van der Waals surface area (Å²) in [6.45, 7) is 1.12. The van der Waals surface area contributed by atoms with E-state index in [9.17, 15) is 22.8 Å². The predicted octanol–water partition coefficient (Wildman–Crippen LogP) is 3.07. The van der Waals surface area contributed by atoms with Crippen molar-refractivity contribution in [2.24, 2.45) is 0 Å². The number of carboxylic acid groups (broad SMARTS) is 1. The van der Waals surface area contributed by atoms with Crippen molar-refractivity contribution >= 4 is 17.6 Å². The summed E-state index contributed by atoms with van der Waals surface area (Å²) in [7, 11) is 0. The molecular formula is C13H14F3NO3. The van der Waals surface area contributed by atoms with E-state index in [-0.39, 0.29) is 30.5 Å². The third kappa shape index (κ3) is 4.56. The maximum Gasteiger partial charge on any atom is 0.418 e. The summed E-state index contributed by atoms with van der Waals surface area (Å²) in [6.07, 6.45) is -4.38. The molecule has 1 aromatic rings. The van der Waals surface area contributed by atoms with Crippen molar-refractivity contribution in [1.82, 2.24) is 0 Å². The number of rotatable bonds is 5. The number of hydrogen-bond donors (Lipinski definition) is 2. The summed E-state index contributed by atoms with van der Waals surface area (Å²) in [5, 5.41) is 10.7. The minimum atomic E-state index is -4.58. The minimum Gasteiger partial charge on any atom is -0.481 e. The van der Waals surface area contributed by atoms with E-state index in [0.717, 1.165) is 13.0 Å². The molecule has 7 heteroatoms. The minimum absolute atomic E-state index is 0.143. The van der Waals surface area contributed by atoms with Gasteiger partial charge in [0.1, 0.15) is 0 Å². The average molecular weight is 289 g/mol. The summed E-state index contributed by atoms with van der Waals surface area (Å²) >= 11 is 0. The SMILES string of the molecule is CC(=O)Nc1c(CCCC(=O)O)cccc1C(F)(F)F. The van der Waals surface area contributed by atoms with Gasteiger partial charge in [0.2, 0.25) is 5.91 Å². The monoisotopic (exact) mass is 289 g/mol. The van der Waals surface area contributed by atoms with E-state index >= 15 is 0 Å². The number of carbonyl (C=O) groups excluding carboxylic acids is 1. The number of benzene rings is 1. The van der Waals surface area contributed by atoms with E-state index in [4.69, 9.17) is 5.11 Å². The predicted molar refractivity (Wildman–Crippen MR) is 66.3 cm³/mol. The molecule has 1 rings (SSSR count). The number of halogens is 3. The summed E-state index contributed by atoms with van der Waals surface area (Å²) in [5.41, 5.74) is -0.949. The molecular weight excluding hydrogens is 275 g/mol. The van der Waals surface area contributed by atoms with Crippen molar-refractivity contribution in [3.05, 3.63) is 29.3 Å². The largest absolute Gasteiger partial charge is 0.481 e. The first-order chi connectivity index (χ1) is 9.21. The summed E-state index contributed by atoms with van der Waals surface area (Å²) in [4.78, 5) is 21.5. The first-order valence-electron chi connectivity index (χ1n) is 5.90. The van der Waals surface area contributed by atoms with Crippen molar-refractivity contribution < 1.29 is 27.9 Å². The van der Waals surface area contributed by atoms with Gasteiger partial charge in [-0.05, 0) is 24.5 Å². The molecule has 4 nitrogen and oxygen atoms in total. The lowest BCUT2D eigenvalue weighted by Gasteiger charge is -2.17. The van der Waals surface area contributed by atoms with Crippen LogP contribution in [0.25, 0.3) is 0 Å². The molecule has 0 aromatic heterocycles. The van der Waals surface area contributed by atoms with Crippen LogP contribution in [0.4, 0.5) is 18.9 Å². The lowest BCUT2D eigenvalue weighted by molar-refractivity contribution is -0.138. The van der Waals surface area contributed by atoms with Gasteiger partial charge in [0.05, 0.1) is 11.3 Å². The van der Waals surface area contributed by atoms with E-state index in [1.807, 2.05) is 0 Å². The third-order valence-corrected chi connectivity index (χ3v) is 2.59. The number of para-hydroxylation sites is 1. The van der Waals surface area contributed by atoms with Crippen LogP contribution < -0.4 is 5.32 Å². The molecule has 0 saturated heterocycles. The number of hydrogen-bond acceptors (Lipinski definition) is 2. The molecule has 0 unspecified atom stereocenters. The van der Waals surface area contributed by atoms with Crippen molar-refractivity contribution in [3.63, 3.8) is 0 Å². The van der Waals surface area contributed by atoms with E-state index in [1.165, 1.54) is 12.1 Å². The molecule has 20 heavy (non-hydrogen) atoms. The molecule has 0 aliphatic carbocycles. The van der Waals surface area contributed by atoms with Crippen LogP contribution in [0, 0.1) is 0 Å². The van der Waals surface area contributed by atoms with Crippen LogP contribution in [-0.4, -0.2) is 17.0 Å². The highest BCUT2D eigenvalue weighted by atomic mass is 19.4. The maximum atomic E-state index is 12.9. The van der Waals surface area contributed by atoms with Crippen LogP contribution in [0.5, 0.6) is 0 Å². The van der Waals surface area contributed by atoms with Gasteiger partial charge >= 0.3 is 12.1 Å². The van der Waals surface area contributed by atoms with Crippen molar-refractivity contribution in [3.8, 4) is 0 Å². The van der Waals surface area contributed by atoms with Gasteiger partial charge in [0.25, 0.3) is 0 Å². The number of amides is 1. The summed E-state index contributed by atoms with van der Waals surface area (Å²) in [6, 6.07) is 3.57. The Bertz CT molecular complexity index is 512. The second-order valence-corrected chi connectivity index (χ2v) is 4.27. The smallest absolute Gasteiger partial charge is 0.418 e. The zero-order valence-corrected chi connectivity index (χ0v) is 10.8. The zero-order chi connectivity index (χ0) is 15.3. The number of aryl methyl sites for hydroxylation is 1. The molecule has 0 spiro atoms. The van der Waals surface area contributed by atoms with Gasteiger partial charge in [-0.2, -0.15) is 13.2 Å². The topological polar surface area (TPSA) is 66.4 Å². The van der Waals surface area contributed by atoms with Gasteiger partial charge in [-0.25, -0.2) is 0 Å². The van der Waals surface area contributed by atoms with Crippen molar-refractivity contribution in [2.45, 2.75) is 32.4 Å². The first kappa shape index (κ1) is 16.0. The fourth-order valence-electron chi connectivity index (χ4n) is 1.80. The Balaban J connectivity index is 3.09. The number of nitrogens with one attached hydrogen (secondary N) is 1. The number of alkyl halides is 3. The van der Waals surface area contributed by atoms with Crippen LogP contribution >= 0.6 is 0 Å². The molecule has 0 heterocycles. The molecule has 110 valence electrons. The fraction of sp³-hybridized carbons (Fsp3) is 0.385. The molecule has 0 saturated carbocycles. The number of anilines is 1. The molecule has 0 atom stereocenters. The quantitative estimate of drug-likeness (QED) is 0.875. The van der Waals surface area contributed by atoms with Gasteiger partial charge in [0.15, 0.2) is 0 Å². The Labute approximate surface area is 113 Å². The maximum absolute atomic E-state index is 12.9. The number of aliphatic carboxylic acids is 1. The van der Waals surface area contributed by atoms with Gasteiger partial charge in [0, 0.05) is 13.3 Å². The lowest BCUT2D eigenvalue weighted by Crippen LogP contribution is -2.16. The Morgan fingerprint density at radius 2 is 1.95 bits per heavy atom. The molecule has 0 aliphatic heterocycles. The highest BCUT2D eigenvalue weighted by molar-refractivity contribution is 5.90. The molecule has 2 N–H and O–H groups in total. The average Bonchev–Trinajstić information content (AvgIpc) is 2.28. The lowest BCUT2D eigenvalue weighted by atomic mass is 10.0. The van der Waals surface area contributed by atoms with Crippen molar-refractivity contribution in [1.29, 1.82) is 0 Å². The van der Waals surface area contributed by atoms with E-state index in [2.05, 4.69) is 5.32 Å². The highest BCUT2D eigenvalue weighted by Crippen LogP contribution is 2.37.